The standard InChI is InChI=1S/C25H28/c1-4-19-7-13-22(14-8-19)25(23-15-9-20(5-2)10-16-23)24-17-11-21(6-3)12-18-24/h7-18,25H,4-6H2,1-3H3. The minimum absolute atomic E-state index is 0.294. The van der Waals surface area contributed by atoms with E-state index in [1.54, 1.807) is 0 Å². The first kappa shape index (κ1) is 17.5. The van der Waals surface area contributed by atoms with Crippen LogP contribution in [0.1, 0.15) is 60.1 Å². The highest BCUT2D eigenvalue weighted by molar-refractivity contribution is 5.45. The van der Waals surface area contributed by atoms with Gasteiger partial charge < -0.3 is 0 Å². The molecule has 3 aromatic carbocycles. The molecule has 128 valence electrons. The molecule has 25 heavy (non-hydrogen) atoms. The van der Waals surface area contributed by atoms with Gasteiger partial charge in [0, 0.05) is 5.92 Å². The predicted molar refractivity (Wildman–Crippen MR) is 108 cm³/mol. The van der Waals surface area contributed by atoms with Crippen LogP contribution in [0, 0.1) is 0 Å². The first-order valence-electron chi connectivity index (χ1n) is 9.51. The molecule has 0 saturated carbocycles. The normalized spacial score (nSPS) is 11.0. The quantitative estimate of drug-likeness (QED) is 0.450. The van der Waals surface area contributed by atoms with Crippen LogP contribution in [-0.2, 0) is 19.3 Å². The SMILES string of the molecule is CCc1ccc(C(c2ccc(CC)cc2)c2ccc(CC)cc2)cc1. The second-order valence-corrected chi connectivity index (χ2v) is 6.72. The van der Waals surface area contributed by atoms with Crippen molar-refractivity contribution in [3.8, 4) is 0 Å². The molecule has 0 unspecified atom stereocenters. The molecule has 0 aromatic heterocycles. The maximum atomic E-state index is 2.30. The summed E-state index contributed by atoms with van der Waals surface area (Å²) in [5.74, 6) is 0.294. The lowest BCUT2D eigenvalue weighted by Crippen LogP contribution is -2.04. The van der Waals surface area contributed by atoms with Crippen molar-refractivity contribution in [3.63, 3.8) is 0 Å². The molecule has 0 heterocycles. The fraction of sp³-hybridized carbons (Fsp3) is 0.280. The van der Waals surface area contributed by atoms with E-state index in [-0.39, 0.29) is 0 Å². The minimum atomic E-state index is 0.294. The van der Waals surface area contributed by atoms with Crippen molar-refractivity contribution >= 4 is 0 Å². The largest absolute Gasteiger partial charge is 0.0613 e. The van der Waals surface area contributed by atoms with Crippen molar-refractivity contribution in [1.29, 1.82) is 0 Å². The molecule has 0 radical (unpaired) electrons. The van der Waals surface area contributed by atoms with Gasteiger partial charge in [-0.2, -0.15) is 0 Å². The maximum absolute atomic E-state index is 2.30. The van der Waals surface area contributed by atoms with E-state index in [1.165, 1.54) is 33.4 Å². The van der Waals surface area contributed by atoms with Gasteiger partial charge in [0.15, 0.2) is 0 Å². The van der Waals surface area contributed by atoms with Crippen molar-refractivity contribution in [2.24, 2.45) is 0 Å². The first-order valence-corrected chi connectivity index (χ1v) is 9.51. The van der Waals surface area contributed by atoms with E-state index in [4.69, 9.17) is 0 Å². The van der Waals surface area contributed by atoms with Crippen molar-refractivity contribution in [2.75, 3.05) is 0 Å². The van der Waals surface area contributed by atoms with E-state index in [1.807, 2.05) is 0 Å². The molecule has 0 N–H and O–H groups in total. The van der Waals surface area contributed by atoms with Crippen molar-refractivity contribution < 1.29 is 0 Å². The first-order chi connectivity index (χ1) is 12.2. The van der Waals surface area contributed by atoms with E-state index in [0.717, 1.165) is 19.3 Å². The van der Waals surface area contributed by atoms with Crippen molar-refractivity contribution in [2.45, 2.75) is 46.0 Å². The third-order valence-corrected chi connectivity index (χ3v) is 5.16. The van der Waals surface area contributed by atoms with Crippen molar-refractivity contribution in [3.05, 3.63) is 106 Å². The van der Waals surface area contributed by atoms with Gasteiger partial charge in [-0.25, -0.2) is 0 Å². The van der Waals surface area contributed by atoms with E-state index in [2.05, 4.69) is 93.6 Å². The van der Waals surface area contributed by atoms with Gasteiger partial charge in [0.05, 0.1) is 0 Å². The lowest BCUT2D eigenvalue weighted by Gasteiger charge is -2.20. The van der Waals surface area contributed by atoms with Crippen LogP contribution in [0.2, 0.25) is 0 Å². The Kier molecular flexibility index (Phi) is 5.71. The van der Waals surface area contributed by atoms with Crippen LogP contribution >= 0.6 is 0 Å². The Hall–Kier alpha value is -2.34. The summed E-state index contributed by atoms with van der Waals surface area (Å²) in [7, 11) is 0. The molecule has 0 amide bonds. The summed E-state index contributed by atoms with van der Waals surface area (Å²) in [5.41, 5.74) is 8.28. The molecule has 0 nitrogen and oxygen atoms in total. The summed E-state index contributed by atoms with van der Waals surface area (Å²) < 4.78 is 0. The molecule has 0 aliphatic carbocycles. The highest BCUT2D eigenvalue weighted by Crippen LogP contribution is 2.32. The molecular formula is C25H28. The molecule has 0 aliphatic rings. The van der Waals surface area contributed by atoms with Gasteiger partial charge in [-0.3, -0.25) is 0 Å². The Morgan fingerprint density at radius 3 is 0.880 bits per heavy atom. The van der Waals surface area contributed by atoms with E-state index in [9.17, 15) is 0 Å². The molecule has 0 saturated heterocycles. The molecule has 0 heteroatoms. The Morgan fingerprint density at radius 1 is 0.440 bits per heavy atom. The molecule has 3 aromatic rings. The Balaban J connectivity index is 2.04. The maximum Gasteiger partial charge on any atom is 0.0339 e. The van der Waals surface area contributed by atoms with E-state index < -0.39 is 0 Å². The van der Waals surface area contributed by atoms with Crippen LogP contribution in [0.15, 0.2) is 72.8 Å². The monoisotopic (exact) mass is 328 g/mol. The van der Waals surface area contributed by atoms with Crippen LogP contribution in [0.3, 0.4) is 0 Å². The molecule has 0 atom stereocenters. The molecule has 0 fully saturated rings. The topological polar surface area (TPSA) is 0 Å². The fourth-order valence-electron chi connectivity index (χ4n) is 3.41. The fourth-order valence-corrected chi connectivity index (χ4v) is 3.41. The van der Waals surface area contributed by atoms with Gasteiger partial charge in [-0.05, 0) is 52.6 Å². The molecular weight excluding hydrogens is 300 g/mol. The lowest BCUT2D eigenvalue weighted by molar-refractivity contribution is 0.964. The molecule has 3 rings (SSSR count). The van der Waals surface area contributed by atoms with Crippen LogP contribution in [0.5, 0.6) is 0 Å². The van der Waals surface area contributed by atoms with Gasteiger partial charge in [0.1, 0.15) is 0 Å². The summed E-state index contributed by atoms with van der Waals surface area (Å²) >= 11 is 0. The molecule has 0 aliphatic heterocycles. The zero-order chi connectivity index (χ0) is 17.6. The van der Waals surface area contributed by atoms with Crippen molar-refractivity contribution in [1.82, 2.24) is 0 Å². The van der Waals surface area contributed by atoms with Gasteiger partial charge >= 0.3 is 0 Å². The van der Waals surface area contributed by atoms with Crippen LogP contribution in [0.4, 0.5) is 0 Å². The van der Waals surface area contributed by atoms with Gasteiger partial charge in [-0.1, -0.05) is 93.6 Å². The average molecular weight is 328 g/mol. The van der Waals surface area contributed by atoms with Gasteiger partial charge in [0.2, 0.25) is 0 Å². The van der Waals surface area contributed by atoms with Crippen LogP contribution < -0.4 is 0 Å². The summed E-state index contributed by atoms with van der Waals surface area (Å²) in [6, 6.07) is 27.4. The zero-order valence-electron chi connectivity index (χ0n) is 15.6. The van der Waals surface area contributed by atoms with Gasteiger partial charge in [0.25, 0.3) is 0 Å². The second-order valence-electron chi connectivity index (χ2n) is 6.72. The average Bonchev–Trinajstić information content (AvgIpc) is 2.70. The third kappa shape index (κ3) is 4.02. The van der Waals surface area contributed by atoms with E-state index in [0.29, 0.717) is 5.92 Å². The number of hydrogen-bond donors (Lipinski definition) is 0. The lowest BCUT2D eigenvalue weighted by atomic mass is 9.84. The number of rotatable bonds is 6. The summed E-state index contributed by atoms with van der Waals surface area (Å²) in [6.45, 7) is 6.62. The summed E-state index contributed by atoms with van der Waals surface area (Å²) in [6.07, 6.45) is 3.25. The smallest absolute Gasteiger partial charge is 0.0339 e. The predicted octanol–water partition coefficient (Wildman–Crippen LogP) is 6.55. The van der Waals surface area contributed by atoms with Crippen LogP contribution in [-0.4, -0.2) is 0 Å². The highest BCUT2D eigenvalue weighted by atomic mass is 14.2. The Bertz CT molecular complexity index is 664. The Labute approximate surface area is 152 Å². The minimum Gasteiger partial charge on any atom is -0.0613 e. The summed E-state index contributed by atoms with van der Waals surface area (Å²) in [4.78, 5) is 0. The summed E-state index contributed by atoms with van der Waals surface area (Å²) in [5, 5.41) is 0. The van der Waals surface area contributed by atoms with Crippen LogP contribution in [0.25, 0.3) is 0 Å². The number of aryl methyl sites for hydroxylation is 3. The Morgan fingerprint density at radius 2 is 0.680 bits per heavy atom. The highest BCUT2D eigenvalue weighted by Gasteiger charge is 2.16. The second kappa shape index (κ2) is 8.16. The van der Waals surface area contributed by atoms with Gasteiger partial charge in [-0.15, -0.1) is 0 Å². The molecule has 0 bridgehead atoms. The zero-order valence-corrected chi connectivity index (χ0v) is 15.6. The third-order valence-electron chi connectivity index (χ3n) is 5.16. The number of benzene rings is 3. The van der Waals surface area contributed by atoms with E-state index >= 15 is 0 Å². The molecule has 0 spiro atoms. The number of hydrogen-bond acceptors (Lipinski definition) is 0.